The summed E-state index contributed by atoms with van der Waals surface area (Å²) in [6, 6.07) is 20.6. The first-order chi connectivity index (χ1) is 19.0. The number of phenolic OH excluding ortho intramolecular Hbond substituents is 2. The van der Waals surface area contributed by atoms with Crippen molar-refractivity contribution in [2.75, 3.05) is 39.3 Å². The number of nitrogens with zero attached hydrogens (tertiary/aromatic N) is 3. The fourth-order valence-electron chi connectivity index (χ4n) is 5.60. The minimum atomic E-state index is 0.322. The van der Waals surface area contributed by atoms with Gasteiger partial charge in [-0.1, -0.05) is 66.2 Å². The molecule has 0 spiro atoms. The Hall–Kier alpha value is -2.94. The molecule has 1 fully saturated rings. The molecule has 0 amide bonds. The first-order valence-corrected chi connectivity index (χ1v) is 14.2. The third-order valence-electron chi connectivity index (χ3n) is 7.72. The van der Waals surface area contributed by atoms with Crippen LogP contribution < -0.4 is 11.5 Å². The summed E-state index contributed by atoms with van der Waals surface area (Å²) in [5.41, 5.74) is 17.7. The highest BCUT2D eigenvalue weighted by Crippen LogP contribution is 2.27. The minimum absolute atomic E-state index is 0.322. The lowest BCUT2D eigenvalue weighted by molar-refractivity contribution is 0.193. The molecule has 0 aliphatic carbocycles. The summed E-state index contributed by atoms with van der Waals surface area (Å²) < 4.78 is 0. The zero-order chi connectivity index (χ0) is 27.6. The largest absolute Gasteiger partial charge is 0.507 e. The van der Waals surface area contributed by atoms with Crippen molar-refractivity contribution in [3.63, 3.8) is 0 Å². The van der Waals surface area contributed by atoms with Crippen LogP contribution in [0.15, 0.2) is 60.7 Å². The van der Waals surface area contributed by atoms with Crippen LogP contribution in [0.5, 0.6) is 11.5 Å². The predicted octanol–water partition coefficient (Wildman–Crippen LogP) is 3.92. The summed E-state index contributed by atoms with van der Waals surface area (Å²) in [6.07, 6.45) is 2.06. The van der Waals surface area contributed by atoms with E-state index in [4.69, 9.17) is 11.5 Å². The Morgan fingerprint density at radius 1 is 0.590 bits per heavy atom. The molecule has 1 heterocycles. The third-order valence-corrected chi connectivity index (χ3v) is 7.72. The number of phenols is 2. The third kappa shape index (κ3) is 8.27. The van der Waals surface area contributed by atoms with Crippen molar-refractivity contribution >= 4 is 0 Å². The van der Waals surface area contributed by atoms with Crippen LogP contribution in [0.2, 0.25) is 0 Å². The van der Waals surface area contributed by atoms with E-state index < -0.39 is 0 Å². The van der Waals surface area contributed by atoms with Crippen molar-refractivity contribution < 1.29 is 10.2 Å². The van der Waals surface area contributed by atoms with Crippen LogP contribution in [-0.4, -0.2) is 64.2 Å². The molecule has 1 aliphatic rings. The maximum Gasteiger partial charge on any atom is 0.124 e. The molecule has 1 saturated heterocycles. The summed E-state index contributed by atoms with van der Waals surface area (Å²) in [5, 5.41) is 21.6. The first-order valence-electron chi connectivity index (χ1n) is 14.2. The molecule has 0 bridgehead atoms. The van der Waals surface area contributed by atoms with Gasteiger partial charge in [-0.2, -0.15) is 0 Å². The van der Waals surface area contributed by atoms with Gasteiger partial charge in [0.05, 0.1) is 0 Å². The van der Waals surface area contributed by atoms with Crippen molar-refractivity contribution in [2.45, 2.75) is 52.5 Å². The summed E-state index contributed by atoms with van der Waals surface area (Å²) in [7, 11) is 0. The highest BCUT2D eigenvalue weighted by atomic mass is 16.3. The minimum Gasteiger partial charge on any atom is -0.507 e. The second-order valence-corrected chi connectivity index (χ2v) is 10.8. The average Bonchev–Trinajstić information content (AvgIpc) is 2.98. The first kappa shape index (κ1) is 29.1. The molecular formula is C32H45N5O2. The van der Waals surface area contributed by atoms with Gasteiger partial charge < -0.3 is 21.7 Å². The molecule has 3 aromatic rings. The molecule has 4 rings (SSSR count). The van der Waals surface area contributed by atoms with Crippen LogP contribution in [0, 0.1) is 6.92 Å². The van der Waals surface area contributed by atoms with Crippen molar-refractivity contribution in [1.29, 1.82) is 0 Å². The number of benzene rings is 3. The Morgan fingerprint density at radius 3 is 1.74 bits per heavy atom. The van der Waals surface area contributed by atoms with Gasteiger partial charge in [0.1, 0.15) is 11.5 Å². The molecule has 0 atom stereocenters. The number of para-hydroxylation sites is 1. The maximum atomic E-state index is 10.8. The monoisotopic (exact) mass is 531 g/mol. The van der Waals surface area contributed by atoms with Crippen LogP contribution >= 0.6 is 0 Å². The van der Waals surface area contributed by atoms with Crippen molar-refractivity contribution in [3.8, 4) is 11.5 Å². The smallest absolute Gasteiger partial charge is 0.124 e. The van der Waals surface area contributed by atoms with Crippen molar-refractivity contribution in [1.82, 2.24) is 14.7 Å². The lowest BCUT2D eigenvalue weighted by atomic mass is 10.0. The second kappa shape index (κ2) is 14.4. The Morgan fingerprint density at radius 2 is 1.10 bits per heavy atom. The van der Waals surface area contributed by atoms with Gasteiger partial charge in [-0.15, -0.1) is 0 Å². The molecule has 0 radical (unpaired) electrons. The summed E-state index contributed by atoms with van der Waals surface area (Å²) in [4.78, 5) is 7.46. The standard InChI is InChI=1S/C32H45N5O2/c1-25-18-29(21-34)32(39)30(19-25)24-35-12-6-14-36(22-26-8-3-2-4-9-26)16-17-37(15-7-13-35)23-28-11-5-10-27(20-33)31(28)38/h2-5,8-11,18-19,38-39H,6-7,12-17,20-24,33-34H2,1H3. The van der Waals surface area contributed by atoms with Crippen molar-refractivity contribution in [2.24, 2.45) is 11.5 Å². The number of rotatable bonds is 8. The number of aryl methyl sites for hydroxylation is 1. The van der Waals surface area contributed by atoms with Gasteiger partial charge in [0, 0.05) is 68.1 Å². The fourth-order valence-corrected chi connectivity index (χ4v) is 5.60. The normalized spacial score (nSPS) is 16.7. The molecular weight excluding hydrogens is 486 g/mol. The zero-order valence-corrected chi connectivity index (χ0v) is 23.4. The molecule has 1 aliphatic heterocycles. The molecule has 6 N–H and O–H groups in total. The molecule has 7 nitrogen and oxygen atoms in total. The highest BCUT2D eigenvalue weighted by molar-refractivity contribution is 5.43. The van der Waals surface area contributed by atoms with Gasteiger partial charge >= 0.3 is 0 Å². The molecule has 39 heavy (non-hydrogen) atoms. The van der Waals surface area contributed by atoms with Gasteiger partial charge in [-0.05, 0) is 51.5 Å². The molecule has 0 aromatic heterocycles. The fraction of sp³-hybridized carbons (Fsp3) is 0.438. The van der Waals surface area contributed by atoms with Crippen LogP contribution in [0.25, 0.3) is 0 Å². The Kier molecular flexibility index (Phi) is 10.8. The summed E-state index contributed by atoms with van der Waals surface area (Å²) >= 11 is 0. The van der Waals surface area contributed by atoms with Crippen LogP contribution in [0.3, 0.4) is 0 Å². The summed E-state index contributed by atoms with van der Waals surface area (Å²) in [5.74, 6) is 0.655. The van der Waals surface area contributed by atoms with E-state index in [2.05, 4.69) is 58.0 Å². The van der Waals surface area contributed by atoms with Gasteiger partial charge in [-0.25, -0.2) is 0 Å². The van der Waals surface area contributed by atoms with Crippen LogP contribution in [0.4, 0.5) is 0 Å². The second-order valence-electron chi connectivity index (χ2n) is 10.8. The van der Waals surface area contributed by atoms with E-state index >= 15 is 0 Å². The van der Waals surface area contributed by atoms with Crippen LogP contribution in [-0.2, 0) is 32.7 Å². The molecule has 3 aromatic carbocycles. The van der Waals surface area contributed by atoms with E-state index in [1.54, 1.807) is 0 Å². The van der Waals surface area contributed by atoms with E-state index in [1.807, 2.05) is 24.3 Å². The molecule has 0 saturated carbocycles. The van der Waals surface area contributed by atoms with E-state index in [0.29, 0.717) is 37.7 Å². The van der Waals surface area contributed by atoms with E-state index in [1.165, 1.54) is 5.56 Å². The quantitative estimate of drug-likeness (QED) is 0.349. The number of hydrogen-bond donors (Lipinski definition) is 4. The lowest BCUT2D eigenvalue weighted by Gasteiger charge is -2.28. The number of nitrogens with two attached hydrogens (primary N) is 2. The molecule has 7 heteroatoms. The SMILES string of the molecule is Cc1cc(CN)c(O)c(CN2CCCN(Cc3ccccc3)CCN(Cc3cccc(CN)c3O)CCC2)c1. The van der Waals surface area contributed by atoms with Gasteiger partial charge in [0.2, 0.25) is 0 Å². The molecule has 210 valence electrons. The summed E-state index contributed by atoms with van der Waals surface area (Å²) in [6.45, 7) is 10.8. The van der Waals surface area contributed by atoms with Gasteiger partial charge in [0.15, 0.2) is 0 Å². The van der Waals surface area contributed by atoms with E-state index in [-0.39, 0.29) is 0 Å². The van der Waals surface area contributed by atoms with Gasteiger partial charge in [-0.3, -0.25) is 14.7 Å². The highest BCUT2D eigenvalue weighted by Gasteiger charge is 2.18. The van der Waals surface area contributed by atoms with E-state index in [9.17, 15) is 10.2 Å². The molecule has 0 unspecified atom stereocenters. The van der Waals surface area contributed by atoms with Gasteiger partial charge in [0.25, 0.3) is 0 Å². The predicted molar refractivity (Wildman–Crippen MR) is 158 cm³/mol. The lowest BCUT2D eigenvalue weighted by Crippen LogP contribution is -2.35. The average molecular weight is 532 g/mol. The number of hydrogen-bond acceptors (Lipinski definition) is 7. The van der Waals surface area contributed by atoms with Crippen LogP contribution in [0.1, 0.15) is 46.2 Å². The van der Waals surface area contributed by atoms with E-state index in [0.717, 1.165) is 86.5 Å². The Balaban J connectivity index is 1.51. The zero-order valence-electron chi connectivity index (χ0n) is 23.4. The Bertz CT molecular complexity index is 1190. The number of aromatic hydroxyl groups is 2. The van der Waals surface area contributed by atoms with Crippen molar-refractivity contribution in [3.05, 3.63) is 94.0 Å². The Labute approximate surface area is 233 Å². The maximum absolute atomic E-state index is 10.8. The topological polar surface area (TPSA) is 102 Å².